The molecular formula is C17H21BrN2O2. The summed E-state index contributed by atoms with van der Waals surface area (Å²) in [7, 11) is 0. The summed E-state index contributed by atoms with van der Waals surface area (Å²) < 4.78 is 5.31. The van der Waals surface area contributed by atoms with Crippen LogP contribution in [0.4, 0.5) is 0 Å². The first kappa shape index (κ1) is 15.6. The van der Waals surface area contributed by atoms with Crippen LogP contribution in [-0.4, -0.2) is 47.4 Å². The molecule has 0 aliphatic carbocycles. The van der Waals surface area contributed by atoms with E-state index in [9.17, 15) is 4.79 Å². The van der Waals surface area contributed by atoms with Crippen molar-refractivity contribution in [3.8, 4) is 0 Å². The number of H-pyrrole nitrogens is 1. The van der Waals surface area contributed by atoms with Gasteiger partial charge in [-0.15, -0.1) is 0 Å². The molecule has 1 aromatic heterocycles. The number of morpholine rings is 1. The maximum absolute atomic E-state index is 12.6. The van der Waals surface area contributed by atoms with Crippen LogP contribution in [0.25, 0.3) is 10.9 Å². The summed E-state index contributed by atoms with van der Waals surface area (Å²) in [6.45, 7) is 2.64. The molecule has 0 saturated carbocycles. The van der Waals surface area contributed by atoms with Crippen LogP contribution in [0.3, 0.4) is 0 Å². The Morgan fingerprint density at radius 3 is 2.86 bits per heavy atom. The molecule has 1 aromatic carbocycles. The van der Waals surface area contributed by atoms with Gasteiger partial charge in [0.05, 0.1) is 13.2 Å². The number of alkyl halides is 1. The summed E-state index contributed by atoms with van der Waals surface area (Å²) in [5.41, 5.74) is 3.18. The van der Waals surface area contributed by atoms with E-state index in [4.69, 9.17) is 4.74 Å². The minimum atomic E-state index is 0.109. The van der Waals surface area contributed by atoms with Crippen molar-refractivity contribution in [3.63, 3.8) is 0 Å². The zero-order valence-corrected chi connectivity index (χ0v) is 14.2. The molecular weight excluding hydrogens is 344 g/mol. The van der Waals surface area contributed by atoms with Crippen molar-refractivity contribution in [1.29, 1.82) is 0 Å². The molecule has 22 heavy (non-hydrogen) atoms. The predicted octanol–water partition coefficient (Wildman–Crippen LogP) is 3.36. The third-order valence-corrected chi connectivity index (χ3v) is 4.70. The number of aromatic nitrogens is 1. The normalized spacial score (nSPS) is 15.4. The Morgan fingerprint density at radius 2 is 2.09 bits per heavy atom. The SMILES string of the molecule is O=C(c1ccc2[nH]cc(CCCCBr)c2c1)N1CCOCC1. The third kappa shape index (κ3) is 3.36. The molecule has 1 saturated heterocycles. The Hall–Kier alpha value is -1.33. The molecule has 1 amide bonds. The molecule has 2 heterocycles. The van der Waals surface area contributed by atoms with Crippen LogP contribution in [0.15, 0.2) is 24.4 Å². The number of fused-ring (bicyclic) bond motifs is 1. The summed E-state index contributed by atoms with van der Waals surface area (Å²) >= 11 is 3.47. The van der Waals surface area contributed by atoms with Gasteiger partial charge < -0.3 is 14.6 Å². The van der Waals surface area contributed by atoms with Gasteiger partial charge in [-0.1, -0.05) is 15.9 Å². The van der Waals surface area contributed by atoms with Crippen molar-refractivity contribution in [2.24, 2.45) is 0 Å². The maximum Gasteiger partial charge on any atom is 0.254 e. The van der Waals surface area contributed by atoms with Crippen LogP contribution in [0.1, 0.15) is 28.8 Å². The van der Waals surface area contributed by atoms with Gasteiger partial charge in [0.1, 0.15) is 0 Å². The number of aryl methyl sites for hydroxylation is 1. The first-order chi connectivity index (χ1) is 10.8. The van der Waals surface area contributed by atoms with Crippen molar-refractivity contribution < 1.29 is 9.53 Å². The topological polar surface area (TPSA) is 45.3 Å². The Bertz CT molecular complexity index is 647. The molecule has 0 bridgehead atoms. The minimum Gasteiger partial charge on any atom is -0.378 e. The van der Waals surface area contributed by atoms with Crippen LogP contribution in [0, 0.1) is 0 Å². The zero-order valence-electron chi connectivity index (χ0n) is 12.6. The first-order valence-corrected chi connectivity index (χ1v) is 8.95. The highest BCUT2D eigenvalue weighted by atomic mass is 79.9. The minimum absolute atomic E-state index is 0.109. The lowest BCUT2D eigenvalue weighted by Crippen LogP contribution is -2.40. The van der Waals surface area contributed by atoms with E-state index in [0.29, 0.717) is 26.3 Å². The number of carbonyl (C=O) groups excluding carboxylic acids is 1. The van der Waals surface area contributed by atoms with E-state index in [1.54, 1.807) is 0 Å². The number of hydrogen-bond acceptors (Lipinski definition) is 2. The Morgan fingerprint density at radius 1 is 1.27 bits per heavy atom. The van der Waals surface area contributed by atoms with Crippen LogP contribution in [-0.2, 0) is 11.2 Å². The maximum atomic E-state index is 12.6. The molecule has 1 fully saturated rings. The molecule has 5 heteroatoms. The zero-order chi connectivity index (χ0) is 15.4. The third-order valence-electron chi connectivity index (χ3n) is 4.14. The second-order valence-corrected chi connectivity index (χ2v) is 6.42. The molecule has 118 valence electrons. The molecule has 0 spiro atoms. The van der Waals surface area contributed by atoms with E-state index in [-0.39, 0.29) is 5.91 Å². The van der Waals surface area contributed by atoms with Crippen molar-refractivity contribution in [2.45, 2.75) is 19.3 Å². The quantitative estimate of drug-likeness (QED) is 0.652. The highest BCUT2D eigenvalue weighted by molar-refractivity contribution is 9.09. The number of unbranched alkanes of at least 4 members (excludes halogenated alkanes) is 1. The standard InChI is InChI=1S/C17H21BrN2O2/c18-6-2-1-3-14-12-19-16-5-4-13(11-15(14)16)17(21)20-7-9-22-10-8-20/h4-5,11-12,19H,1-3,6-10H2. The summed E-state index contributed by atoms with van der Waals surface area (Å²) in [6, 6.07) is 5.96. The monoisotopic (exact) mass is 364 g/mol. The van der Waals surface area contributed by atoms with Gasteiger partial charge in [-0.3, -0.25) is 4.79 Å². The van der Waals surface area contributed by atoms with E-state index in [1.165, 1.54) is 17.4 Å². The number of nitrogens with zero attached hydrogens (tertiary/aromatic N) is 1. The second-order valence-electron chi connectivity index (χ2n) is 5.62. The molecule has 0 unspecified atom stereocenters. The lowest BCUT2D eigenvalue weighted by Gasteiger charge is -2.26. The number of ether oxygens (including phenoxy) is 1. The van der Waals surface area contributed by atoms with E-state index >= 15 is 0 Å². The number of amides is 1. The van der Waals surface area contributed by atoms with Crippen molar-refractivity contribution in [1.82, 2.24) is 9.88 Å². The number of halogens is 1. The van der Waals surface area contributed by atoms with Gasteiger partial charge in [0.25, 0.3) is 5.91 Å². The predicted molar refractivity (Wildman–Crippen MR) is 91.8 cm³/mol. The average Bonchev–Trinajstić information content (AvgIpc) is 2.98. The van der Waals surface area contributed by atoms with Crippen LogP contribution in [0.5, 0.6) is 0 Å². The van der Waals surface area contributed by atoms with E-state index in [0.717, 1.165) is 29.3 Å². The molecule has 1 N–H and O–H groups in total. The van der Waals surface area contributed by atoms with Gasteiger partial charge in [-0.2, -0.15) is 0 Å². The lowest BCUT2D eigenvalue weighted by atomic mass is 10.0. The molecule has 4 nitrogen and oxygen atoms in total. The number of rotatable bonds is 5. The van der Waals surface area contributed by atoms with Crippen molar-refractivity contribution in [3.05, 3.63) is 35.5 Å². The number of aromatic amines is 1. The number of nitrogens with one attached hydrogen (secondary N) is 1. The van der Waals surface area contributed by atoms with E-state index < -0.39 is 0 Å². The Labute approximate surface area is 139 Å². The van der Waals surface area contributed by atoms with Crippen LogP contribution >= 0.6 is 15.9 Å². The lowest BCUT2D eigenvalue weighted by molar-refractivity contribution is 0.0303. The van der Waals surface area contributed by atoms with E-state index in [2.05, 4.69) is 27.1 Å². The molecule has 0 radical (unpaired) electrons. The average molecular weight is 365 g/mol. The van der Waals surface area contributed by atoms with Gasteiger partial charge in [0.15, 0.2) is 0 Å². The Kier molecular flexibility index (Phi) is 5.16. The molecule has 1 aliphatic rings. The van der Waals surface area contributed by atoms with Gasteiger partial charge >= 0.3 is 0 Å². The van der Waals surface area contributed by atoms with Crippen LogP contribution in [0.2, 0.25) is 0 Å². The summed E-state index contributed by atoms with van der Waals surface area (Å²) in [4.78, 5) is 17.8. The summed E-state index contributed by atoms with van der Waals surface area (Å²) in [5, 5.41) is 2.21. The summed E-state index contributed by atoms with van der Waals surface area (Å²) in [5.74, 6) is 0.109. The van der Waals surface area contributed by atoms with Crippen molar-refractivity contribution >= 4 is 32.7 Å². The number of hydrogen-bond donors (Lipinski definition) is 1. The highest BCUT2D eigenvalue weighted by Crippen LogP contribution is 2.22. The smallest absolute Gasteiger partial charge is 0.254 e. The molecule has 3 rings (SSSR count). The van der Waals surface area contributed by atoms with Gasteiger partial charge in [0, 0.05) is 41.1 Å². The van der Waals surface area contributed by atoms with Gasteiger partial charge in [-0.25, -0.2) is 0 Å². The van der Waals surface area contributed by atoms with Gasteiger partial charge in [-0.05, 0) is 43.0 Å². The summed E-state index contributed by atoms with van der Waals surface area (Å²) in [6.07, 6.45) is 5.43. The highest BCUT2D eigenvalue weighted by Gasteiger charge is 2.19. The fourth-order valence-electron chi connectivity index (χ4n) is 2.88. The van der Waals surface area contributed by atoms with Crippen molar-refractivity contribution in [2.75, 3.05) is 31.6 Å². The number of carbonyl (C=O) groups is 1. The first-order valence-electron chi connectivity index (χ1n) is 7.82. The molecule has 1 aliphatic heterocycles. The van der Waals surface area contributed by atoms with Gasteiger partial charge in [0.2, 0.25) is 0 Å². The number of benzene rings is 1. The molecule has 2 aromatic rings. The van der Waals surface area contributed by atoms with E-state index in [1.807, 2.05) is 23.1 Å². The van der Waals surface area contributed by atoms with Crippen LogP contribution < -0.4 is 0 Å². The largest absolute Gasteiger partial charge is 0.378 e. The fraction of sp³-hybridized carbons (Fsp3) is 0.471. The molecule has 0 atom stereocenters. The second kappa shape index (κ2) is 7.29. The fourth-order valence-corrected chi connectivity index (χ4v) is 3.27. The Balaban J connectivity index is 1.81.